The molecule has 10 heavy (non-hydrogen) atoms. The van der Waals surface area contributed by atoms with Crippen LogP contribution in [0.2, 0.25) is 6.04 Å². The van der Waals surface area contributed by atoms with Crippen LogP contribution in [0.1, 0.15) is 27.2 Å². The van der Waals surface area contributed by atoms with E-state index in [-0.39, 0.29) is 0 Å². The molecular weight excluding hydrogens is 140 g/mol. The highest BCUT2D eigenvalue weighted by Gasteiger charge is 1.96. The Hall–Kier alpha value is -0.0831. The second-order valence-electron chi connectivity index (χ2n) is 2.25. The van der Waals surface area contributed by atoms with Gasteiger partial charge in [0, 0.05) is 6.10 Å². The predicted octanol–water partition coefficient (Wildman–Crippen LogP) is 2.42. The molecule has 1 nitrogen and oxygen atoms in total. The molecule has 58 valence electrons. The lowest BCUT2D eigenvalue weighted by molar-refractivity contribution is 0.229. The molecule has 0 amide bonds. The molecule has 0 spiro atoms. The van der Waals surface area contributed by atoms with Gasteiger partial charge < -0.3 is 4.43 Å². The highest BCUT2D eigenvalue weighted by Crippen LogP contribution is 1.95. The standard InChI is InChI=1S/C8H16OSi/c1-4-6-7-10-9-8(3)5-2/h4,6,8H,5,7H2,1-3H3/b6-4+. The minimum atomic E-state index is 0.434. The Morgan fingerprint density at radius 2 is 2.30 bits per heavy atom. The largest absolute Gasteiger partial charge is 0.415 e. The molecule has 0 N–H and O–H groups in total. The van der Waals surface area contributed by atoms with E-state index in [9.17, 15) is 0 Å². The zero-order chi connectivity index (χ0) is 7.82. The fourth-order valence-corrected chi connectivity index (χ4v) is 1.32. The van der Waals surface area contributed by atoms with Gasteiger partial charge in [0.25, 0.3) is 0 Å². The normalized spacial score (nSPS) is 14.3. The molecule has 0 aromatic carbocycles. The van der Waals surface area contributed by atoms with Crippen molar-refractivity contribution in [2.75, 3.05) is 0 Å². The highest BCUT2D eigenvalue weighted by molar-refractivity contribution is 6.27. The van der Waals surface area contributed by atoms with Crippen molar-refractivity contribution in [3.63, 3.8) is 0 Å². The fourth-order valence-electron chi connectivity index (χ4n) is 0.440. The molecule has 2 heteroatoms. The zero-order valence-electron chi connectivity index (χ0n) is 7.05. The van der Waals surface area contributed by atoms with Crippen LogP contribution in [0, 0.1) is 0 Å². The number of hydrogen-bond acceptors (Lipinski definition) is 1. The van der Waals surface area contributed by atoms with E-state index in [4.69, 9.17) is 4.43 Å². The molecule has 0 aliphatic rings. The Kier molecular flexibility index (Phi) is 6.97. The van der Waals surface area contributed by atoms with Crippen LogP contribution in [0.3, 0.4) is 0 Å². The maximum atomic E-state index is 5.47. The molecule has 2 radical (unpaired) electrons. The molecular formula is C8H16OSi. The second-order valence-corrected chi connectivity index (χ2v) is 3.19. The SMILES string of the molecule is C/C=C/C[Si]OC(C)CC. The van der Waals surface area contributed by atoms with Gasteiger partial charge in [-0.1, -0.05) is 19.1 Å². The Bertz CT molecular complexity index is 91.3. The average molecular weight is 156 g/mol. The molecule has 0 aromatic rings. The van der Waals surface area contributed by atoms with Crippen LogP contribution in [0.4, 0.5) is 0 Å². The van der Waals surface area contributed by atoms with Crippen molar-refractivity contribution in [2.24, 2.45) is 0 Å². The van der Waals surface area contributed by atoms with E-state index in [1.807, 2.05) is 6.92 Å². The van der Waals surface area contributed by atoms with Gasteiger partial charge in [0.1, 0.15) is 0 Å². The van der Waals surface area contributed by atoms with Crippen molar-refractivity contribution < 1.29 is 4.43 Å². The molecule has 0 aliphatic carbocycles. The van der Waals surface area contributed by atoms with E-state index in [2.05, 4.69) is 26.0 Å². The van der Waals surface area contributed by atoms with E-state index in [1.54, 1.807) is 0 Å². The van der Waals surface area contributed by atoms with Gasteiger partial charge in [0.15, 0.2) is 0 Å². The van der Waals surface area contributed by atoms with Crippen molar-refractivity contribution in [1.29, 1.82) is 0 Å². The van der Waals surface area contributed by atoms with E-state index >= 15 is 0 Å². The maximum Gasteiger partial charge on any atom is 0.234 e. The first kappa shape index (κ1) is 9.92. The molecule has 0 aliphatic heterocycles. The maximum absolute atomic E-state index is 5.47. The molecule has 1 atom stereocenters. The average Bonchev–Trinajstić information content (AvgIpc) is 1.98. The van der Waals surface area contributed by atoms with Gasteiger partial charge in [-0.2, -0.15) is 0 Å². The van der Waals surface area contributed by atoms with Gasteiger partial charge in [-0.3, -0.25) is 0 Å². The lowest BCUT2D eigenvalue weighted by Crippen LogP contribution is -2.09. The summed E-state index contributed by atoms with van der Waals surface area (Å²) in [6.07, 6.45) is 5.75. The number of rotatable bonds is 5. The van der Waals surface area contributed by atoms with Gasteiger partial charge in [-0.15, -0.1) is 0 Å². The molecule has 0 heterocycles. The van der Waals surface area contributed by atoms with Crippen molar-refractivity contribution >= 4 is 9.76 Å². The van der Waals surface area contributed by atoms with Gasteiger partial charge in [-0.05, 0) is 26.3 Å². The summed E-state index contributed by atoms with van der Waals surface area (Å²) in [4.78, 5) is 0. The van der Waals surface area contributed by atoms with Gasteiger partial charge in [-0.25, -0.2) is 0 Å². The first-order chi connectivity index (χ1) is 4.81. The number of hydrogen-bond donors (Lipinski definition) is 0. The zero-order valence-corrected chi connectivity index (χ0v) is 8.05. The molecule has 0 fully saturated rings. The second kappa shape index (κ2) is 7.03. The summed E-state index contributed by atoms with van der Waals surface area (Å²) in [5, 5.41) is 0. The molecule has 0 saturated carbocycles. The smallest absolute Gasteiger partial charge is 0.234 e. The van der Waals surface area contributed by atoms with Crippen molar-refractivity contribution in [2.45, 2.75) is 39.3 Å². The van der Waals surface area contributed by atoms with E-state index in [0.717, 1.165) is 12.5 Å². The lowest BCUT2D eigenvalue weighted by atomic mass is 10.3. The van der Waals surface area contributed by atoms with Crippen LogP contribution < -0.4 is 0 Å². The van der Waals surface area contributed by atoms with Crippen molar-refractivity contribution in [3.8, 4) is 0 Å². The topological polar surface area (TPSA) is 9.23 Å². The third kappa shape index (κ3) is 6.04. The first-order valence-corrected chi connectivity index (χ1v) is 4.92. The monoisotopic (exact) mass is 156 g/mol. The first-order valence-electron chi connectivity index (χ1n) is 3.81. The van der Waals surface area contributed by atoms with Gasteiger partial charge in [0.05, 0.1) is 0 Å². The summed E-state index contributed by atoms with van der Waals surface area (Å²) in [6, 6.07) is 1.07. The van der Waals surface area contributed by atoms with Crippen LogP contribution in [-0.2, 0) is 4.43 Å². The third-order valence-electron chi connectivity index (χ3n) is 1.30. The van der Waals surface area contributed by atoms with Crippen LogP contribution in [0.5, 0.6) is 0 Å². The molecule has 0 rings (SSSR count). The minimum absolute atomic E-state index is 0.434. The van der Waals surface area contributed by atoms with Crippen LogP contribution in [0.15, 0.2) is 12.2 Å². The third-order valence-corrected chi connectivity index (χ3v) is 2.27. The van der Waals surface area contributed by atoms with Crippen LogP contribution in [-0.4, -0.2) is 15.9 Å². The molecule has 0 bridgehead atoms. The summed E-state index contributed by atoms with van der Waals surface area (Å²) in [6.45, 7) is 6.29. The Morgan fingerprint density at radius 1 is 1.60 bits per heavy atom. The minimum Gasteiger partial charge on any atom is -0.415 e. The van der Waals surface area contributed by atoms with Crippen LogP contribution >= 0.6 is 0 Å². The summed E-state index contributed by atoms with van der Waals surface area (Å²) in [5.41, 5.74) is 0. The Morgan fingerprint density at radius 3 is 2.80 bits per heavy atom. The summed E-state index contributed by atoms with van der Waals surface area (Å²) in [5.74, 6) is 0. The molecule has 0 saturated heterocycles. The number of allylic oxidation sites excluding steroid dienone is 2. The fraction of sp³-hybridized carbons (Fsp3) is 0.750. The highest BCUT2D eigenvalue weighted by atomic mass is 28.2. The summed E-state index contributed by atoms with van der Waals surface area (Å²) in [7, 11) is 0.639. The Labute approximate surface area is 66.4 Å². The van der Waals surface area contributed by atoms with E-state index in [0.29, 0.717) is 15.9 Å². The lowest BCUT2D eigenvalue weighted by Gasteiger charge is -2.07. The Balaban J connectivity index is 3.03. The van der Waals surface area contributed by atoms with E-state index in [1.165, 1.54) is 0 Å². The quantitative estimate of drug-likeness (QED) is 0.337. The summed E-state index contributed by atoms with van der Waals surface area (Å²) >= 11 is 0. The molecule has 1 unspecified atom stereocenters. The van der Waals surface area contributed by atoms with Gasteiger partial charge >= 0.3 is 0 Å². The van der Waals surface area contributed by atoms with Crippen LogP contribution in [0.25, 0.3) is 0 Å². The summed E-state index contributed by atoms with van der Waals surface area (Å²) < 4.78 is 5.47. The van der Waals surface area contributed by atoms with Crippen molar-refractivity contribution in [1.82, 2.24) is 0 Å². The molecule has 0 aromatic heterocycles. The van der Waals surface area contributed by atoms with E-state index < -0.39 is 0 Å². The van der Waals surface area contributed by atoms with Gasteiger partial charge in [0.2, 0.25) is 9.76 Å². The predicted molar refractivity (Wildman–Crippen MR) is 46.2 cm³/mol. The van der Waals surface area contributed by atoms with Crippen molar-refractivity contribution in [3.05, 3.63) is 12.2 Å².